The highest BCUT2D eigenvalue weighted by molar-refractivity contribution is 7.29. The van der Waals surface area contributed by atoms with Crippen LogP contribution in [0, 0.1) is 0 Å². The fourth-order valence-electron chi connectivity index (χ4n) is 9.23. The monoisotopic (exact) mass is 720 g/mol. The molecule has 4 aromatic heterocycles. The summed E-state index contributed by atoms with van der Waals surface area (Å²) in [5.74, 6) is 0. The van der Waals surface area contributed by atoms with Crippen LogP contribution >= 0.6 is 22.7 Å². The summed E-state index contributed by atoms with van der Waals surface area (Å²) in [6.07, 6.45) is 0. The molecule has 2 nitrogen and oxygen atoms in total. The Labute approximate surface area is 316 Å². The molecule has 250 valence electrons. The molecular formula is C50H28N2S2. The molecule has 0 amide bonds. The first-order valence-corrected chi connectivity index (χ1v) is 20.0. The maximum Gasteiger partial charge on any atom is 0.0541 e. The van der Waals surface area contributed by atoms with E-state index in [4.69, 9.17) is 0 Å². The molecule has 0 fully saturated rings. The Morgan fingerprint density at radius 1 is 0.296 bits per heavy atom. The number of nitrogens with zero attached hydrogens (tertiary/aromatic N) is 2. The number of thiophene rings is 2. The molecule has 54 heavy (non-hydrogen) atoms. The molecule has 0 saturated carbocycles. The fourth-order valence-corrected chi connectivity index (χ4v) is 11.7. The Kier molecular flexibility index (Phi) is 5.69. The van der Waals surface area contributed by atoms with Crippen molar-refractivity contribution >= 4 is 128 Å². The van der Waals surface area contributed by atoms with Crippen LogP contribution in [-0.4, -0.2) is 9.13 Å². The van der Waals surface area contributed by atoms with Crippen LogP contribution in [0.3, 0.4) is 0 Å². The summed E-state index contributed by atoms with van der Waals surface area (Å²) in [5.41, 5.74) is 7.35. The van der Waals surface area contributed by atoms with Crippen molar-refractivity contribution in [2.45, 2.75) is 0 Å². The van der Waals surface area contributed by atoms with Gasteiger partial charge in [0.15, 0.2) is 0 Å². The number of hydrogen-bond acceptors (Lipinski definition) is 2. The molecule has 0 atom stereocenters. The summed E-state index contributed by atoms with van der Waals surface area (Å²) in [6.45, 7) is 0. The Hall–Kier alpha value is -6.46. The number of fused-ring (bicyclic) bond motifs is 15. The second kappa shape index (κ2) is 10.6. The normalized spacial score (nSPS) is 12.4. The third-order valence-corrected chi connectivity index (χ3v) is 13.9. The molecular weight excluding hydrogens is 693 g/mol. The fraction of sp³-hybridized carbons (Fsp3) is 0. The maximum absolute atomic E-state index is 2.43. The number of para-hydroxylation sites is 4. The van der Waals surface area contributed by atoms with Gasteiger partial charge in [-0.2, -0.15) is 0 Å². The predicted molar refractivity (Wildman–Crippen MR) is 236 cm³/mol. The number of benzene rings is 9. The molecule has 13 rings (SSSR count). The van der Waals surface area contributed by atoms with Crippen LogP contribution in [0.4, 0.5) is 0 Å². The topological polar surface area (TPSA) is 9.86 Å². The summed E-state index contributed by atoms with van der Waals surface area (Å²) in [4.78, 5) is 0. The van der Waals surface area contributed by atoms with Gasteiger partial charge in [-0.1, -0.05) is 91.0 Å². The first-order chi connectivity index (χ1) is 26.7. The minimum Gasteiger partial charge on any atom is -0.309 e. The van der Waals surface area contributed by atoms with Crippen molar-refractivity contribution in [3.8, 4) is 11.4 Å². The molecule has 4 heteroatoms. The minimum absolute atomic E-state index is 1.19. The second-order valence-corrected chi connectivity index (χ2v) is 16.7. The molecule has 0 radical (unpaired) electrons. The Morgan fingerprint density at radius 3 is 1.28 bits per heavy atom. The van der Waals surface area contributed by atoms with Crippen LogP contribution in [0.25, 0.3) is 117 Å². The summed E-state index contributed by atoms with van der Waals surface area (Å²) in [7, 11) is 0. The van der Waals surface area contributed by atoms with Crippen LogP contribution in [-0.2, 0) is 0 Å². The van der Waals surface area contributed by atoms with Gasteiger partial charge in [-0.15, -0.1) is 22.7 Å². The quantitative estimate of drug-likeness (QED) is 0.168. The number of aromatic nitrogens is 2. The van der Waals surface area contributed by atoms with Gasteiger partial charge in [-0.25, -0.2) is 0 Å². The van der Waals surface area contributed by atoms with Crippen LogP contribution in [0.15, 0.2) is 170 Å². The highest BCUT2D eigenvalue weighted by Gasteiger charge is 2.17. The van der Waals surface area contributed by atoms with E-state index in [1.807, 2.05) is 22.7 Å². The Balaban J connectivity index is 0.986. The van der Waals surface area contributed by atoms with Crippen molar-refractivity contribution in [2.24, 2.45) is 0 Å². The second-order valence-electron chi connectivity index (χ2n) is 14.5. The average molecular weight is 721 g/mol. The van der Waals surface area contributed by atoms with Gasteiger partial charge < -0.3 is 9.13 Å². The van der Waals surface area contributed by atoms with Crippen LogP contribution in [0.2, 0.25) is 0 Å². The molecule has 0 aliphatic carbocycles. The smallest absolute Gasteiger partial charge is 0.0541 e. The highest BCUT2D eigenvalue weighted by Crippen LogP contribution is 2.46. The van der Waals surface area contributed by atoms with Crippen molar-refractivity contribution in [2.75, 3.05) is 0 Å². The summed E-state index contributed by atoms with van der Waals surface area (Å²) < 4.78 is 10.2. The lowest BCUT2D eigenvalue weighted by Gasteiger charge is -2.09. The van der Waals surface area contributed by atoms with Gasteiger partial charge in [-0.3, -0.25) is 0 Å². The molecule has 0 aliphatic rings. The lowest BCUT2D eigenvalue weighted by Crippen LogP contribution is -1.93. The zero-order valence-corrected chi connectivity index (χ0v) is 30.5. The van der Waals surface area contributed by atoms with Crippen molar-refractivity contribution in [1.82, 2.24) is 9.13 Å². The summed E-state index contributed by atoms with van der Waals surface area (Å²) in [5, 5.41) is 15.7. The first kappa shape index (κ1) is 29.0. The molecule has 13 aromatic rings. The van der Waals surface area contributed by atoms with E-state index < -0.39 is 0 Å². The molecule has 0 saturated heterocycles. The minimum atomic E-state index is 1.19. The van der Waals surface area contributed by atoms with Crippen LogP contribution < -0.4 is 0 Å². The summed E-state index contributed by atoms with van der Waals surface area (Å²) in [6, 6.07) is 63.3. The van der Waals surface area contributed by atoms with Crippen molar-refractivity contribution in [1.29, 1.82) is 0 Å². The largest absolute Gasteiger partial charge is 0.309 e. The van der Waals surface area contributed by atoms with E-state index in [-0.39, 0.29) is 0 Å². The van der Waals surface area contributed by atoms with Crippen molar-refractivity contribution in [3.63, 3.8) is 0 Å². The molecule has 0 aliphatic heterocycles. The van der Waals surface area contributed by atoms with E-state index in [0.717, 1.165) is 0 Å². The first-order valence-electron chi connectivity index (χ1n) is 18.4. The van der Waals surface area contributed by atoms with E-state index in [1.54, 1.807) is 0 Å². The summed E-state index contributed by atoms with van der Waals surface area (Å²) >= 11 is 3.85. The van der Waals surface area contributed by atoms with Crippen molar-refractivity contribution in [3.05, 3.63) is 170 Å². The molecule has 4 heterocycles. The zero-order valence-electron chi connectivity index (χ0n) is 28.9. The standard InChI is InChI=1S/C50H28N2S2/c1-5-13-42-35(9-1)36-10-2-6-14-43(36)51(42)33-19-17-29-25-40-39-21-22-46-49(50(39)54-47(40)27-31(29)23-33)41-26-30-18-20-34(24-32(30)28-48(41)53-46)52-44-15-7-3-11-37(44)38-12-4-8-16-45(38)52/h1-28H. The average Bonchev–Trinajstić information content (AvgIpc) is 3.96. The lowest BCUT2D eigenvalue weighted by atomic mass is 10.0. The zero-order chi connectivity index (χ0) is 35.1. The van der Waals surface area contributed by atoms with Crippen LogP contribution in [0.1, 0.15) is 0 Å². The van der Waals surface area contributed by atoms with Gasteiger partial charge in [0.1, 0.15) is 0 Å². The number of hydrogen-bond donors (Lipinski definition) is 0. The molecule has 0 N–H and O–H groups in total. The number of rotatable bonds is 2. The van der Waals surface area contributed by atoms with E-state index in [9.17, 15) is 0 Å². The molecule has 0 spiro atoms. The van der Waals surface area contributed by atoms with Gasteiger partial charge in [0.05, 0.1) is 22.1 Å². The van der Waals surface area contributed by atoms with Gasteiger partial charge >= 0.3 is 0 Å². The van der Waals surface area contributed by atoms with Gasteiger partial charge in [0.25, 0.3) is 0 Å². The van der Waals surface area contributed by atoms with Crippen molar-refractivity contribution < 1.29 is 0 Å². The van der Waals surface area contributed by atoms with E-state index in [0.29, 0.717) is 0 Å². The van der Waals surface area contributed by atoms with Gasteiger partial charge in [0, 0.05) is 73.3 Å². The van der Waals surface area contributed by atoms with Crippen LogP contribution in [0.5, 0.6) is 0 Å². The van der Waals surface area contributed by atoms with Gasteiger partial charge in [0.2, 0.25) is 0 Å². The van der Waals surface area contributed by atoms with Gasteiger partial charge in [-0.05, 0) is 100 Å². The Morgan fingerprint density at radius 2 is 0.759 bits per heavy atom. The van der Waals surface area contributed by atoms with E-state index in [2.05, 4.69) is 179 Å². The maximum atomic E-state index is 2.43. The third kappa shape index (κ3) is 3.88. The molecule has 0 unspecified atom stereocenters. The van der Waals surface area contributed by atoms with E-state index in [1.165, 1.54) is 117 Å². The van der Waals surface area contributed by atoms with E-state index >= 15 is 0 Å². The molecule has 9 aromatic carbocycles. The SMILES string of the molecule is c1ccc2c(c1)c1ccccc1n2-c1ccc2cc3c(cc2c1)sc1c3ccc2sc3cc4cc(-n5c6ccccc6c6ccccc65)ccc4cc3c21. The lowest BCUT2D eigenvalue weighted by molar-refractivity contribution is 1.19. The highest BCUT2D eigenvalue weighted by atomic mass is 32.1. The third-order valence-electron chi connectivity index (χ3n) is 11.6. The predicted octanol–water partition coefficient (Wildman–Crippen LogP) is 14.9. The Bertz CT molecular complexity index is 3630. The molecule has 0 bridgehead atoms.